The zero-order valence-corrected chi connectivity index (χ0v) is 23.0. The highest BCUT2D eigenvalue weighted by molar-refractivity contribution is 5.75. The van der Waals surface area contributed by atoms with Gasteiger partial charge in [0.25, 0.3) is 0 Å². The van der Waals surface area contributed by atoms with Gasteiger partial charge in [-0.25, -0.2) is 0 Å². The Morgan fingerprint density at radius 3 is 2.59 bits per heavy atom. The molecular formula is C32H41NO4. The molecule has 0 aromatic heterocycles. The molecule has 0 unspecified atom stereocenters. The van der Waals surface area contributed by atoms with E-state index >= 15 is 0 Å². The molecule has 1 spiro atoms. The van der Waals surface area contributed by atoms with Crippen molar-refractivity contribution in [2.24, 2.45) is 22.7 Å². The lowest BCUT2D eigenvalue weighted by Gasteiger charge is -2.67. The molecule has 1 amide bonds. The average molecular weight is 504 g/mol. The molecule has 2 aromatic rings. The highest BCUT2D eigenvalue weighted by Crippen LogP contribution is 2.67. The van der Waals surface area contributed by atoms with Crippen LogP contribution in [-0.4, -0.2) is 27.6 Å². The lowest BCUT2D eigenvalue weighted by atomic mass is 9.43. The van der Waals surface area contributed by atoms with Gasteiger partial charge in [-0.05, 0) is 60.6 Å². The molecule has 5 atom stereocenters. The number of carbonyl (C=O) groups excluding carboxylic acids is 1. The number of benzene rings is 2. The molecule has 37 heavy (non-hydrogen) atoms. The maximum Gasteiger partial charge on any atom is 0.220 e. The molecule has 2 aliphatic carbocycles. The van der Waals surface area contributed by atoms with Crippen molar-refractivity contribution in [1.82, 2.24) is 4.90 Å². The van der Waals surface area contributed by atoms with Crippen LogP contribution in [0.15, 0.2) is 36.4 Å². The van der Waals surface area contributed by atoms with E-state index in [4.69, 9.17) is 9.47 Å². The minimum Gasteiger partial charge on any atom is -0.488 e. The summed E-state index contributed by atoms with van der Waals surface area (Å²) in [6.45, 7) is 12.6. The van der Waals surface area contributed by atoms with Crippen LogP contribution in [-0.2, 0) is 30.9 Å². The van der Waals surface area contributed by atoms with Crippen LogP contribution in [0.3, 0.4) is 0 Å². The Morgan fingerprint density at radius 2 is 1.86 bits per heavy atom. The Bertz CT molecular complexity index is 1220. The summed E-state index contributed by atoms with van der Waals surface area (Å²) in [5, 5.41) is 11.1. The van der Waals surface area contributed by atoms with Crippen molar-refractivity contribution in [3.8, 4) is 11.5 Å². The number of rotatable bonds is 3. The second kappa shape index (κ2) is 8.49. The van der Waals surface area contributed by atoms with Crippen LogP contribution in [0.4, 0.5) is 0 Å². The molecule has 198 valence electrons. The molecule has 0 radical (unpaired) electrons. The highest BCUT2D eigenvalue weighted by Gasteiger charge is 2.67. The highest BCUT2D eigenvalue weighted by atomic mass is 16.5. The lowest BCUT2D eigenvalue weighted by Crippen LogP contribution is -2.70. The molecule has 2 aliphatic heterocycles. The molecule has 5 heteroatoms. The number of amides is 1. The van der Waals surface area contributed by atoms with Gasteiger partial charge < -0.3 is 19.5 Å². The first-order valence-electron chi connectivity index (χ1n) is 14.0. The Hall–Kier alpha value is -2.53. The van der Waals surface area contributed by atoms with Crippen molar-refractivity contribution >= 4 is 5.91 Å². The first-order chi connectivity index (χ1) is 17.6. The summed E-state index contributed by atoms with van der Waals surface area (Å²) in [7, 11) is 0. The van der Waals surface area contributed by atoms with Crippen molar-refractivity contribution in [2.45, 2.75) is 98.1 Å². The number of fused-ring (bicyclic) bond motifs is 3. The molecule has 6 rings (SSSR count). The molecule has 0 bridgehead atoms. The fraction of sp³-hybridized carbons (Fsp3) is 0.594. The van der Waals surface area contributed by atoms with Crippen molar-refractivity contribution in [1.29, 1.82) is 0 Å². The van der Waals surface area contributed by atoms with E-state index in [9.17, 15) is 9.90 Å². The third kappa shape index (κ3) is 3.56. The molecule has 1 N–H and O–H groups in total. The maximum absolute atomic E-state index is 12.4. The molecule has 0 saturated heterocycles. The Morgan fingerprint density at radius 1 is 1.11 bits per heavy atom. The summed E-state index contributed by atoms with van der Waals surface area (Å²) in [6.07, 6.45) is 4.41. The van der Waals surface area contributed by atoms with E-state index in [1.54, 1.807) is 6.92 Å². The molecule has 4 aliphatic rings. The van der Waals surface area contributed by atoms with Crippen LogP contribution in [0.1, 0.15) is 82.6 Å². The minimum absolute atomic E-state index is 0.0711. The van der Waals surface area contributed by atoms with Crippen LogP contribution in [0, 0.1) is 22.7 Å². The summed E-state index contributed by atoms with van der Waals surface area (Å²) in [4.78, 5) is 14.3. The van der Waals surface area contributed by atoms with E-state index in [0.717, 1.165) is 65.9 Å². The van der Waals surface area contributed by atoms with E-state index in [-0.39, 0.29) is 34.4 Å². The normalized spacial score (nSPS) is 33.5. The Kier molecular flexibility index (Phi) is 5.69. The predicted octanol–water partition coefficient (Wildman–Crippen LogP) is 6.03. The first-order valence-corrected chi connectivity index (χ1v) is 14.0. The van der Waals surface area contributed by atoms with E-state index in [1.165, 1.54) is 0 Å². The van der Waals surface area contributed by atoms with Gasteiger partial charge in [0.05, 0.1) is 6.10 Å². The van der Waals surface area contributed by atoms with Gasteiger partial charge >= 0.3 is 0 Å². The largest absolute Gasteiger partial charge is 0.488 e. The first kappa shape index (κ1) is 24.8. The predicted molar refractivity (Wildman–Crippen MR) is 143 cm³/mol. The van der Waals surface area contributed by atoms with Crippen LogP contribution in [0.5, 0.6) is 11.5 Å². The van der Waals surface area contributed by atoms with Crippen molar-refractivity contribution in [3.63, 3.8) is 0 Å². The molecule has 2 fully saturated rings. The number of nitrogens with zero attached hydrogens (tertiary/aromatic N) is 1. The summed E-state index contributed by atoms with van der Waals surface area (Å²) in [5.41, 5.74) is 3.95. The third-order valence-corrected chi connectivity index (χ3v) is 10.8. The van der Waals surface area contributed by atoms with Crippen molar-refractivity contribution in [3.05, 3.63) is 58.7 Å². The summed E-state index contributed by atoms with van der Waals surface area (Å²) >= 11 is 0. The SMILES string of the molecule is CC(=O)N1Cc2cc(OCc3ccccc3)c3c(c2C1)O[C@@]12CC[C@H](O)C(C)(C)[C@@H]1CC[C@H](C)[C@@]2(C)C3. The fourth-order valence-corrected chi connectivity index (χ4v) is 8.20. The van der Waals surface area contributed by atoms with Gasteiger partial charge in [0.15, 0.2) is 0 Å². The second-order valence-electron chi connectivity index (χ2n) is 13.0. The van der Waals surface area contributed by atoms with Crippen LogP contribution in [0.25, 0.3) is 0 Å². The molecular weight excluding hydrogens is 462 g/mol. The average Bonchev–Trinajstić information content (AvgIpc) is 3.30. The number of aliphatic hydroxyl groups excluding tert-OH is 1. The van der Waals surface area contributed by atoms with Gasteiger partial charge in [-0.15, -0.1) is 0 Å². The number of hydrogen-bond acceptors (Lipinski definition) is 4. The Labute approximate surface area is 221 Å². The molecule has 5 nitrogen and oxygen atoms in total. The zero-order valence-electron chi connectivity index (χ0n) is 23.0. The standard InChI is InChI=1S/C32H41NO4/c1-20-11-12-27-30(3,4)28(35)13-14-32(27)31(20,5)16-24-26(36-19-22-9-7-6-8-10-22)15-23-17-33(21(2)34)18-25(23)29(24)37-32/h6-10,15,20,27-28,35H,11-14,16-19H2,1-5H3/t20-,27-,28-,31+,32-/m0/s1. The van der Waals surface area contributed by atoms with E-state index in [1.807, 2.05) is 23.1 Å². The summed E-state index contributed by atoms with van der Waals surface area (Å²) < 4.78 is 14.0. The van der Waals surface area contributed by atoms with E-state index < -0.39 is 0 Å². The number of carbonyl (C=O) groups is 1. The van der Waals surface area contributed by atoms with Crippen LogP contribution in [0.2, 0.25) is 0 Å². The minimum atomic E-state index is -0.337. The molecule has 2 heterocycles. The summed E-state index contributed by atoms with van der Waals surface area (Å²) in [6, 6.07) is 12.5. The topological polar surface area (TPSA) is 59.0 Å². The zero-order chi connectivity index (χ0) is 26.2. The van der Waals surface area contributed by atoms with Crippen molar-refractivity contribution < 1.29 is 19.4 Å². The third-order valence-electron chi connectivity index (χ3n) is 10.8. The monoisotopic (exact) mass is 503 g/mol. The van der Waals surface area contributed by atoms with Gasteiger partial charge in [0.1, 0.15) is 23.7 Å². The van der Waals surface area contributed by atoms with Gasteiger partial charge in [-0.3, -0.25) is 4.79 Å². The van der Waals surface area contributed by atoms with Gasteiger partial charge in [-0.1, -0.05) is 58.0 Å². The van der Waals surface area contributed by atoms with Gasteiger partial charge in [-0.2, -0.15) is 0 Å². The lowest BCUT2D eigenvalue weighted by molar-refractivity contribution is -0.233. The Balaban J connectivity index is 1.48. The maximum atomic E-state index is 12.4. The second-order valence-corrected chi connectivity index (χ2v) is 13.0. The van der Waals surface area contributed by atoms with E-state index in [2.05, 4.69) is 45.9 Å². The number of ether oxygens (including phenoxy) is 2. The number of aliphatic hydroxyl groups is 1. The van der Waals surface area contributed by atoms with Crippen molar-refractivity contribution in [2.75, 3.05) is 0 Å². The fourth-order valence-electron chi connectivity index (χ4n) is 8.20. The smallest absolute Gasteiger partial charge is 0.220 e. The van der Waals surface area contributed by atoms with Crippen LogP contribution >= 0.6 is 0 Å². The molecule has 2 aromatic carbocycles. The van der Waals surface area contributed by atoms with Gasteiger partial charge in [0.2, 0.25) is 5.91 Å². The number of hydrogen-bond donors (Lipinski definition) is 1. The van der Waals surface area contributed by atoms with Crippen LogP contribution < -0.4 is 9.47 Å². The molecule has 2 saturated carbocycles. The quantitative estimate of drug-likeness (QED) is 0.555. The summed E-state index contributed by atoms with van der Waals surface area (Å²) in [5.74, 6) is 2.69. The van der Waals surface area contributed by atoms with Gasteiger partial charge in [0, 0.05) is 42.5 Å². The van der Waals surface area contributed by atoms with E-state index in [0.29, 0.717) is 25.6 Å².